The number of anilines is 2. The summed E-state index contributed by atoms with van der Waals surface area (Å²) in [5.74, 6) is 0.0781. The van der Waals surface area contributed by atoms with Gasteiger partial charge in [-0.3, -0.25) is 19.2 Å². The number of ether oxygens (including phenoxy) is 2. The van der Waals surface area contributed by atoms with Crippen molar-refractivity contribution in [1.82, 2.24) is 0 Å². The number of hydrogen-bond donors (Lipinski definition) is 1. The number of rotatable bonds is 9. The van der Waals surface area contributed by atoms with Crippen molar-refractivity contribution in [3.63, 3.8) is 0 Å². The minimum atomic E-state index is -3.82. The van der Waals surface area contributed by atoms with Gasteiger partial charge in [0.15, 0.2) is 0 Å². The molecule has 0 spiro atoms. The molecule has 10 nitrogen and oxygen atoms in total. The number of methoxy groups -OCH3 is 1. The number of nitrogens with one attached hydrogen (secondary N) is 1. The van der Waals surface area contributed by atoms with Gasteiger partial charge < -0.3 is 14.8 Å². The zero-order chi connectivity index (χ0) is 22.5. The van der Waals surface area contributed by atoms with E-state index in [0.717, 1.165) is 16.6 Å². The van der Waals surface area contributed by atoms with Gasteiger partial charge in [-0.25, -0.2) is 8.42 Å². The first kappa shape index (κ1) is 22.9. The highest BCUT2D eigenvalue weighted by atomic mass is 32.2. The van der Waals surface area contributed by atoms with Gasteiger partial charge in [-0.2, -0.15) is 0 Å². The SMILES string of the molecule is CCOc1ccc(N([C@@H](C)C(=O)Nc2cc([N+](=O)[O-])ccc2OC)S(C)(=O)=O)cc1. The molecule has 0 fully saturated rings. The second-order valence-corrected chi connectivity index (χ2v) is 8.15. The van der Waals surface area contributed by atoms with Crippen molar-refractivity contribution in [2.24, 2.45) is 0 Å². The van der Waals surface area contributed by atoms with Crippen LogP contribution < -0.4 is 19.1 Å². The molecule has 2 aromatic rings. The molecule has 1 N–H and O–H groups in total. The predicted octanol–water partition coefficient (Wildman–Crippen LogP) is 2.80. The highest BCUT2D eigenvalue weighted by molar-refractivity contribution is 7.92. The first-order valence-corrected chi connectivity index (χ1v) is 10.8. The smallest absolute Gasteiger partial charge is 0.271 e. The Labute approximate surface area is 174 Å². The molecule has 0 saturated carbocycles. The average Bonchev–Trinajstić information content (AvgIpc) is 2.68. The third-order valence-electron chi connectivity index (χ3n) is 4.14. The quantitative estimate of drug-likeness (QED) is 0.472. The molecule has 0 unspecified atom stereocenters. The first-order chi connectivity index (χ1) is 14.1. The summed E-state index contributed by atoms with van der Waals surface area (Å²) in [4.78, 5) is 23.2. The molecule has 1 atom stereocenters. The minimum Gasteiger partial charge on any atom is -0.495 e. The lowest BCUT2D eigenvalue weighted by Crippen LogP contribution is -2.45. The van der Waals surface area contributed by atoms with E-state index in [1.165, 1.54) is 38.3 Å². The Morgan fingerprint density at radius 1 is 1.23 bits per heavy atom. The van der Waals surface area contributed by atoms with Crippen LogP contribution in [0.15, 0.2) is 42.5 Å². The van der Waals surface area contributed by atoms with Gasteiger partial charge in [0.05, 0.1) is 36.3 Å². The van der Waals surface area contributed by atoms with Crippen molar-refractivity contribution in [3.05, 3.63) is 52.6 Å². The molecule has 0 aromatic heterocycles. The highest BCUT2D eigenvalue weighted by Gasteiger charge is 2.30. The van der Waals surface area contributed by atoms with E-state index in [0.29, 0.717) is 12.4 Å². The summed E-state index contributed by atoms with van der Waals surface area (Å²) >= 11 is 0. The molecule has 0 aliphatic heterocycles. The van der Waals surface area contributed by atoms with Gasteiger partial charge in [-0.1, -0.05) is 0 Å². The standard InChI is InChI=1S/C19H23N3O7S/c1-5-29-16-9-6-14(7-10-16)21(30(4,26)27)13(2)19(23)20-17-12-15(22(24)25)8-11-18(17)28-3/h6-13H,5H2,1-4H3,(H,20,23)/t13-/m0/s1. The number of hydrogen-bond acceptors (Lipinski definition) is 7. The molecule has 0 radical (unpaired) electrons. The first-order valence-electron chi connectivity index (χ1n) is 8.94. The molecule has 0 heterocycles. The van der Waals surface area contributed by atoms with Crippen molar-refractivity contribution in [2.75, 3.05) is 29.6 Å². The van der Waals surface area contributed by atoms with Gasteiger partial charge >= 0.3 is 0 Å². The van der Waals surface area contributed by atoms with Gasteiger partial charge in [0, 0.05) is 12.1 Å². The molecule has 2 rings (SSSR count). The molecule has 2 aromatic carbocycles. The number of benzene rings is 2. The fourth-order valence-corrected chi connectivity index (χ4v) is 3.98. The monoisotopic (exact) mass is 437 g/mol. The second kappa shape index (κ2) is 9.44. The zero-order valence-electron chi connectivity index (χ0n) is 17.0. The number of sulfonamides is 1. The van der Waals surface area contributed by atoms with E-state index in [1.54, 1.807) is 12.1 Å². The molecular weight excluding hydrogens is 414 g/mol. The van der Waals surface area contributed by atoms with Crippen LogP contribution in [0.5, 0.6) is 11.5 Å². The van der Waals surface area contributed by atoms with Crippen LogP contribution in [0.2, 0.25) is 0 Å². The number of nitrogens with zero attached hydrogens (tertiary/aromatic N) is 2. The Hall–Kier alpha value is -3.34. The molecule has 1 amide bonds. The van der Waals surface area contributed by atoms with Crippen LogP contribution in [-0.4, -0.2) is 45.3 Å². The summed E-state index contributed by atoms with van der Waals surface area (Å²) in [6.07, 6.45) is 0.987. The lowest BCUT2D eigenvalue weighted by molar-refractivity contribution is -0.384. The van der Waals surface area contributed by atoms with Crippen molar-refractivity contribution in [2.45, 2.75) is 19.9 Å². The Kier molecular flexibility index (Phi) is 7.22. The molecule has 0 saturated heterocycles. The average molecular weight is 437 g/mol. The lowest BCUT2D eigenvalue weighted by Gasteiger charge is -2.28. The zero-order valence-corrected chi connectivity index (χ0v) is 17.8. The maximum atomic E-state index is 12.8. The summed E-state index contributed by atoms with van der Waals surface area (Å²) in [5.41, 5.74) is 0.0866. The van der Waals surface area contributed by atoms with Crippen molar-refractivity contribution in [3.8, 4) is 11.5 Å². The maximum Gasteiger partial charge on any atom is 0.271 e. The van der Waals surface area contributed by atoms with E-state index < -0.39 is 26.9 Å². The Morgan fingerprint density at radius 2 is 1.87 bits per heavy atom. The summed E-state index contributed by atoms with van der Waals surface area (Å²) in [7, 11) is -2.47. The van der Waals surface area contributed by atoms with Crippen molar-refractivity contribution < 1.29 is 27.6 Å². The van der Waals surface area contributed by atoms with Gasteiger partial charge in [0.25, 0.3) is 5.69 Å². The Balaban J connectivity index is 2.35. The molecular formula is C19H23N3O7S. The molecule has 30 heavy (non-hydrogen) atoms. The number of carbonyl (C=O) groups excluding carboxylic acids is 1. The summed E-state index contributed by atoms with van der Waals surface area (Å²) in [6, 6.07) is 8.84. The van der Waals surface area contributed by atoms with E-state index in [1.807, 2.05) is 6.92 Å². The van der Waals surface area contributed by atoms with E-state index in [4.69, 9.17) is 9.47 Å². The molecule has 0 bridgehead atoms. The summed E-state index contributed by atoms with van der Waals surface area (Å²) < 4.78 is 36.3. The molecule has 11 heteroatoms. The van der Waals surface area contributed by atoms with E-state index in [2.05, 4.69) is 5.32 Å². The molecule has 162 valence electrons. The van der Waals surface area contributed by atoms with Crippen LogP contribution in [0.25, 0.3) is 0 Å². The summed E-state index contributed by atoms with van der Waals surface area (Å²) in [5, 5.41) is 13.5. The van der Waals surface area contributed by atoms with Crippen LogP contribution in [0.4, 0.5) is 17.1 Å². The highest BCUT2D eigenvalue weighted by Crippen LogP contribution is 2.30. The third-order valence-corrected chi connectivity index (χ3v) is 5.38. The fourth-order valence-electron chi connectivity index (χ4n) is 2.81. The fraction of sp³-hybridized carbons (Fsp3) is 0.316. The van der Waals surface area contributed by atoms with Crippen LogP contribution >= 0.6 is 0 Å². The van der Waals surface area contributed by atoms with Crippen LogP contribution in [0.3, 0.4) is 0 Å². The van der Waals surface area contributed by atoms with Gasteiger partial charge in [-0.05, 0) is 44.2 Å². The number of amides is 1. The van der Waals surface area contributed by atoms with Gasteiger partial charge in [0.2, 0.25) is 15.9 Å². The topological polar surface area (TPSA) is 128 Å². The predicted molar refractivity (Wildman–Crippen MR) is 113 cm³/mol. The van der Waals surface area contributed by atoms with Crippen molar-refractivity contribution >= 4 is 33.0 Å². The lowest BCUT2D eigenvalue weighted by atomic mass is 10.2. The maximum absolute atomic E-state index is 12.8. The molecule has 0 aliphatic rings. The third kappa shape index (κ3) is 5.38. The van der Waals surface area contributed by atoms with E-state index >= 15 is 0 Å². The van der Waals surface area contributed by atoms with Gasteiger partial charge in [0.1, 0.15) is 17.5 Å². The van der Waals surface area contributed by atoms with Gasteiger partial charge in [-0.15, -0.1) is 0 Å². The van der Waals surface area contributed by atoms with Crippen molar-refractivity contribution in [1.29, 1.82) is 0 Å². The van der Waals surface area contributed by atoms with E-state index in [-0.39, 0.29) is 22.8 Å². The number of nitro groups is 1. The molecule has 0 aliphatic carbocycles. The van der Waals surface area contributed by atoms with Crippen LogP contribution in [0.1, 0.15) is 13.8 Å². The number of nitro benzene ring substituents is 1. The number of non-ortho nitro benzene ring substituents is 1. The largest absolute Gasteiger partial charge is 0.495 e. The number of carbonyl (C=O) groups is 1. The second-order valence-electron chi connectivity index (χ2n) is 6.29. The van der Waals surface area contributed by atoms with Crippen LogP contribution in [0, 0.1) is 10.1 Å². The summed E-state index contributed by atoms with van der Waals surface area (Å²) in [6.45, 7) is 3.70. The van der Waals surface area contributed by atoms with Crippen LogP contribution in [-0.2, 0) is 14.8 Å². The Bertz CT molecular complexity index is 1020. The van der Waals surface area contributed by atoms with E-state index in [9.17, 15) is 23.3 Å². The Morgan fingerprint density at radius 3 is 2.37 bits per heavy atom. The normalized spacial score (nSPS) is 12.0. The minimum absolute atomic E-state index is 0.0590.